The van der Waals surface area contributed by atoms with Gasteiger partial charge in [-0.2, -0.15) is 0 Å². The standard InChI is InChI=1S/C16H25NO2/c1-5-17(11-13(4)16(18)19)15(12(2)3)14-9-7-6-8-10-14/h6-10,12-13,15H,5,11H2,1-4H3,(H,18,19). The predicted molar refractivity (Wildman–Crippen MR) is 78.1 cm³/mol. The van der Waals surface area contributed by atoms with Gasteiger partial charge in [-0.15, -0.1) is 0 Å². The van der Waals surface area contributed by atoms with E-state index in [-0.39, 0.29) is 12.0 Å². The summed E-state index contributed by atoms with van der Waals surface area (Å²) in [5.41, 5.74) is 1.26. The molecule has 0 aliphatic heterocycles. The lowest BCUT2D eigenvalue weighted by molar-refractivity contribution is -0.142. The van der Waals surface area contributed by atoms with E-state index in [2.05, 4.69) is 37.8 Å². The zero-order chi connectivity index (χ0) is 14.4. The molecular formula is C16H25NO2. The van der Waals surface area contributed by atoms with Crippen LogP contribution >= 0.6 is 0 Å². The number of hydrogen-bond donors (Lipinski definition) is 1. The summed E-state index contributed by atoms with van der Waals surface area (Å²) in [7, 11) is 0. The minimum atomic E-state index is -0.728. The van der Waals surface area contributed by atoms with Gasteiger partial charge in [0, 0.05) is 12.6 Å². The Balaban J connectivity index is 2.93. The van der Waals surface area contributed by atoms with Crippen LogP contribution in [0.2, 0.25) is 0 Å². The second kappa shape index (κ2) is 7.29. The van der Waals surface area contributed by atoms with Crippen molar-refractivity contribution in [1.82, 2.24) is 4.90 Å². The maximum absolute atomic E-state index is 11.1. The average molecular weight is 263 g/mol. The normalized spacial score (nSPS) is 14.6. The number of rotatable bonds is 7. The fourth-order valence-electron chi connectivity index (χ4n) is 2.54. The van der Waals surface area contributed by atoms with Crippen molar-refractivity contribution in [2.45, 2.75) is 33.7 Å². The van der Waals surface area contributed by atoms with E-state index in [1.165, 1.54) is 5.56 Å². The van der Waals surface area contributed by atoms with Gasteiger partial charge in [0.05, 0.1) is 5.92 Å². The van der Waals surface area contributed by atoms with Crippen molar-refractivity contribution in [3.05, 3.63) is 35.9 Å². The van der Waals surface area contributed by atoms with Crippen LogP contribution < -0.4 is 0 Å². The van der Waals surface area contributed by atoms with Crippen molar-refractivity contribution < 1.29 is 9.90 Å². The van der Waals surface area contributed by atoms with Crippen LogP contribution in [0.3, 0.4) is 0 Å². The Bertz CT molecular complexity index is 389. The number of carboxylic acid groups (broad SMARTS) is 1. The highest BCUT2D eigenvalue weighted by atomic mass is 16.4. The lowest BCUT2D eigenvalue weighted by Gasteiger charge is -2.35. The van der Waals surface area contributed by atoms with E-state index in [0.717, 1.165) is 6.54 Å². The lowest BCUT2D eigenvalue weighted by Crippen LogP contribution is -2.37. The fourth-order valence-corrected chi connectivity index (χ4v) is 2.54. The molecule has 0 amide bonds. The monoisotopic (exact) mass is 263 g/mol. The highest BCUT2D eigenvalue weighted by Gasteiger charge is 2.25. The van der Waals surface area contributed by atoms with Crippen LogP contribution in [0.15, 0.2) is 30.3 Å². The molecule has 1 N–H and O–H groups in total. The molecule has 0 heterocycles. The van der Waals surface area contributed by atoms with Gasteiger partial charge in [-0.05, 0) is 18.0 Å². The van der Waals surface area contributed by atoms with Gasteiger partial charge in [-0.25, -0.2) is 0 Å². The summed E-state index contributed by atoms with van der Waals surface area (Å²) in [4.78, 5) is 13.3. The summed E-state index contributed by atoms with van der Waals surface area (Å²) in [6.45, 7) is 9.68. The molecule has 0 saturated carbocycles. The number of aliphatic carboxylic acids is 1. The van der Waals surface area contributed by atoms with Gasteiger partial charge in [-0.1, -0.05) is 58.0 Å². The Labute approximate surface area is 116 Å². The van der Waals surface area contributed by atoms with E-state index in [0.29, 0.717) is 12.5 Å². The smallest absolute Gasteiger partial charge is 0.307 e. The maximum Gasteiger partial charge on any atom is 0.307 e. The molecule has 0 aliphatic rings. The van der Waals surface area contributed by atoms with E-state index in [9.17, 15) is 4.79 Å². The molecule has 2 atom stereocenters. The Kier molecular flexibility index (Phi) is 6.03. The molecule has 0 fully saturated rings. The van der Waals surface area contributed by atoms with Crippen molar-refractivity contribution in [2.75, 3.05) is 13.1 Å². The van der Waals surface area contributed by atoms with E-state index < -0.39 is 5.97 Å². The van der Waals surface area contributed by atoms with Gasteiger partial charge in [0.2, 0.25) is 0 Å². The molecule has 1 aromatic carbocycles. The van der Waals surface area contributed by atoms with E-state index in [4.69, 9.17) is 5.11 Å². The summed E-state index contributed by atoms with van der Waals surface area (Å²) in [5, 5.41) is 9.09. The summed E-state index contributed by atoms with van der Waals surface area (Å²) >= 11 is 0. The Morgan fingerprint density at radius 1 is 1.21 bits per heavy atom. The van der Waals surface area contributed by atoms with Crippen molar-refractivity contribution in [3.63, 3.8) is 0 Å². The van der Waals surface area contributed by atoms with Crippen LogP contribution in [0, 0.1) is 11.8 Å². The number of benzene rings is 1. The molecule has 0 aromatic heterocycles. The highest BCUT2D eigenvalue weighted by molar-refractivity contribution is 5.69. The molecule has 0 bridgehead atoms. The third kappa shape index (κ3) is 4.35. The summed E-state index contributed by atoms with van der Waals surface area (Å²) in [6.07, 6.45) is 0. The molecule has 0 spiro atoms. The Morgan fingerprint density at radius 3 is 2.21 bits per heavy atom. The second-order valence-corrected chi connectivity index (χ2v) is 5.43. The second-order valence-electron chi connectivity index (χ2n) is 5.43. The lowest BCUT2D eigenvalue weighted by atomic mass is 9.93. The zero-order valence-electron chi connectivity index (χ0n) is 12.3. The van der Waals surface area contributed by atoms with Gasteiger partial charge in [0.15, 0.2) is 0 Å². The van der Waals surface area contributed by atoms with Gasteiger partial charge in [-0.3, -0.25) is 9.69 Å². The van der Waals surface area contributed by atoms with Crippen molar-refractivity contribution in [1.29, 1.82) is 0 Å². The van der Waals surface area contributed by atoms with E-state index in [1.54, 1.807) is 6.92 Å². The SMILES string of the molecule is CCN(CC(C)C(=O)O)C(c1ccccc1)C(C)C. The molecule has 3 nitrogen and oxygen atoms in total. The van der Waals surface area contributed by atoms with Gasteiger partial charge >= 0.3 is 5.97 Å². The molecule has 0 saturated heterocycles. The minimum Gasteiger partial charge on any atom is -0.481 e. The average Bonchev–Trinajstić information content (AvgIpc) is 2.38. The van der Waals surface area contributed by atoms with Crippen molar-refractivity contribution >= 4 is 5.97 Å². The molecule has 1 rings (SSSR count). The molecule has 19 heavy (non-hydrogen) atoms. The first-order valence-electron chi connectivity index (χ1n) is 6.99. The Hall–Kier alpha value is -1.35. The summed E-state index contributed by atoms with van der Waals surface area (Å²) in [5.74, 6) is -0.623. The van der Waals surface area contributed by atoms with Crippen LogP contribution in [0.25, 0.3) is 0 Å². The predicted octanol–water partition coefficient (Wildman–Crippen LogP) is 3.43. The van der Waals surface area contributed by atoms with Gasteiger partial charge in [0.25, 0.3) is 0 Å². The summed E-state index contributed by atoms with van der Waals surface area (Å²) < 4.78 is 0. The molecular weight excluding hydrogens is 238 g/mol. The molecule has 1 aromatic rings. The first-order chi connectivity index (χ1) is 8.97. The van der Waals surface area contributed by atoms with Gasteiger partial charge in [0.1, 0.15) is 0 Å². The third-order valence-electron chi connectivity index (χ3n) is 3.50. The fraction of sp³-hybridized carbons (Fsp3) is 0.562. The van der Waals surface area contributed by atoms with Crippen LogP contribution in [0.4, 0.5) is 0 Å². The zero-order valence-corrected chi connectivity index (χ0v) is 12.3. The summed E-state index contributed by atoms with van der Waals surface area (Å²) in [6, 6.07) is 10.6. The quantitative estimate of drug-likeness (QED) is 0.819. The first-order valence-corrected chi connectivity index (χ1v) is 6.99. The largest absolute Gasteiger partial charge is 0.481 e. The molecule has 2 unspecified atom stereocenters. The van der Waals surface area contributed by atoms with Crippen LogP contribution in [0.5, 0.6) is 0 Å². The van der Waals surface area contributed by atoms with Gasteiger partial charge < -0.3 is 5.11 Å². The van der Waals surface area contributed by atoms with Crippen LogP contribution in [-0.2, 0) is 4.79 Å². The van der Waals surface area contributed by atoms with Crippen LogP contribution in [0.1, 0.15) is 39.3 Å². The number of hydrogen-bond acceptors (Lipinski definition) is 2. The maximum atomic E-state index is 11.1. The first kappa shape index (κ1) is 15.7. The topological polar surface area (TPSA) is 40.5 Å². The molecule has 0 aliphatic carbocycles. The number of nitrogens with zero attached hydrogens (tertiary/aromatic N) is 1. The minimum absolute atomic E-state index is 0.271. The number of carboxylic acids is 1. The van der Waals surface area contributed by atoms with Crippen molar-refractivity contribution in [3.8, 4) is 0 Å². The Morgan fingerprint density at radius 2 is 1.79 bits per heavy atom. The third-order valence-corrected chi connectivity index (χ3v) is 3.50. The van der Waals surface area contributed by atoms with Crippen molar-refractivity contribution in [2.24, 2.45) is 11.8 Å². The molecule has 3 heteroatoms. The van der Waals surface area contributed by atoms with E-state index >= 15 is 0 Å². The van der Waals surface area contributed by atoms with Crippen LogP contribution in [-0.4, -0.2) is 29.1 Å². The molecule has 0 radical (unpaired) electrons. The number of carbonyl (C=O) groups is 1. The van der Waals surface area contributed by atoms with E-state index in [1.807, 2.05) is 18.2 Å². The molecule has 106 valence electrons. The highest BCUT2D eigenvalue weighted by Crippen LogP contribution is 2.28.